The number of rotatable bonds is 4. The summed E-state index contributed by atoms with van der Waals surface area (Å²) in [5.41, 5.74) is 8.89. The Hall–Kier alpha value is -3.14. The van der Waals surface area contributed by atoms with Crippen LogP contribution in [0.3, 0.4) is 0 Å². The molecule has 0 saturated heterocycles. The van der Waals surface area contributed by atoms with Gasteiger partial charge in [0.15, 0.2) is 0 Å². The van der Waals surface area contributed by atoms with Crippen LogP contribution in [0, 0.1) is 0 Å². The zero-order chi connectivity index (χ0) is 19.8. The van der Waals surface area contributed by atoms with Gasteiger partial charge in [0.25, 0.3) is 0 Å². The number of benzene rings is 1. The molecule has 3 nitrogen and oxygen atoms in total. The minimum absolute atomic E-state index is 0.527. The maximum atomic E-state index is 14.0. The monoisotopic (exact) mass is 373 g/mol. The van der Waals surface area contributed by atoms with E-state index in [4.69, 9.17) is 0 Å². The molecule has 142 valence electrons. The minimum atomic E-state index is -0.527. The van der Waals surface area contributed by atoms with Crippen molar-refractivity contribution in [3.63, 3.8) is 0 Å². The van der Waals surface area contributed by atoms with Crippen molar-refractivity contribution in [2.45, 2.75) is 26.4 Å². The molecule has 1 N–H and O–H groups in total. The molecule has 1 aromatic carbocycles. The number of hydrogen-bond donors (Lipinski definition) is 1. The summed E-state index contributed by atoms with van der Waals surface area (Å²) in [5, 5.41) is 3.15. The van der Waals surface area contributed by atoms with Crippen LogP contribution in [-0.4, -0.2) is 16.9 Å². The molecule has 0 spiro atoms. The van der Waals surface area contributed by atoms with Gasteiger partial charge in [0, 0.05) is 30.9 Å². The summed E-state index contributed by atoms with van der Waals surface area (Å²) in [6, 6.07) is 8.09. The van der Waals surface area contributed by atoms with Crippen LogP contribution in [0.25, 0.3) is 11.8 Å². The lowest BCUT2D eigenvalue weighted by Gasteiger charge is -2.34. The van der Waals surface area contributed by atoms with Gasteiger partial charge in [0.2, 0.25) is 0 Å². The Bertz CT molecular complexity index is 1050. The van der Waals surface area contributed by atoms with E-state index in [1.807, 2.05) is 37.2 Å². The van der Waals surface area contributed by atoms with E-state index < -0.39 is 6.67 Å². The Morgan fingerprint density at radius 1 is 1.25 bits per heavy atom. The fraction of sp³-hybridized carbons (Fsp3) is 0.208. The lowest BCUT2D eigenvalue weighted by Crippen LogP contribution is -2.32. The number of allylic oxidation sites excluding steroid dienone is 2. The highest BCUT2D eigenvalue weighted by Crippen LogP contribution is 2.34. The number of nitrogens with one attached hydrogen (secondary N) is 1. The molecule has 0 saturated carbocycles. The predicted octanol–water partition coefficient (Wildman–Crippen LogP) is 4.96. The maximum absolute atomic E-state index is 14.0. The largest absolute Gasteiger partial charge is 0.342 e. The number of halogens is 1. The number of alkyl halides is 1. The molecule has 0 atom stereocenters. The maximum Gasteiger partial charge on any atom is 0.115 e. The molecule has 0 fully saturated rings. The molecule has 0 radical (unpaired) electrons. The summed E-state index contributed by atoms with van der Waals surface area (Å²) < 4.78 is 14.0. The van der Waals surface area contributed by atoms with E-state index in [0.29, 0.717) is 12.0 Å². The first-order valence-electron chi connectivity index (χ1n) is 9.41. The number of hydrogen-bond acceptors (Lipinski definition) is 3. The first-order chi connectivity index (χ1) is 13.5. The zero-order valence-corrected chi connectivity index (χ0v) is 16.3. The molecule has 1 aliphatic carbocycles. The third-order valence-corrected chi connectivity index (χ3v) is 5.57. The second-order valence-corrected chi connectivity index (χ2v) is 7.32. The topological polar surface area (TPSA) is 28.2 Å². The van der Waals surface area contributed by atoms with Gasteiger partial charge in [-0.3, -0.25) is 4.98 Å². The number of nitrogens with zero attached hydrogens (tertiary/aromatic N) is 2. The van der Waals surface area contributed by atoms with Crippen LogP contribution < -0.4 is 5.32 Å². The molecule has 2 heterocycles. The fourth-order valence-corrected chi connectivity index (χ4v) is 3.94. The predicted molar refractivity (Wildman–Crippen MR) is 113 cm³/mol. The molecule has 0 unspecified atom stereocenters. The first kappa shape index (κ1) is 18.2. The highest BCUT2D eigenvalue weighted by atomic mass is 19.1. The summed E-state index contributed by atoms with van der Waals surface area (Å²) in [6.07, 6.45) is 7.81. The van der Waals surface area contributed by atoms with E-state index in [0.717, 1.165) is 46.0 Å². The fourth-order valence-electron chi connectivity index (χ4n) is 3.94. The molecule has 0 bridgehead atoms. The molecule has 4 heteroatoms. The van der Waals surface area contributed by atoms with Gasteiger partial charge in [-0.05, 0) is 47.2 Å². The smallest absolute Gasteiger partial charge is 0.115 e. The van der Waals surface area contributed by atoms with Crippen molar-refractivity contribution < 1.29 is 4.39 Å². The third kappa shape index (κ3) is 3.05. The van der Waals surface area contributed by atoms with E-state index in [1.54, 1.807) is 0 Å². The van der Waals surface area contributed by atoms with Crippen molar-refractivity contribution in [2.75, 3.05) is 7.05 Å². The Morgan fingerprint density at radius 3 is 2.86 bits per heavy atom. The second kappa shape index (κ2) is 7.12. The van der Waals surface area contributed by atoms with Gasteiger partial charge in [-0.25, -0.2) is 4.39 Å². The molecule has 2 aromatic rings. The average molecular weight is 373 g/mol. The van der Waals surface area contributed by atoms with Gasteiger partial charge >= 0.3 is 0 Å². The number of pyridine rings is 1. The Kier molecular flexibility index (Phi) is 4.63. The summed E-state index contributed by atoms with van der Waals surface area (Å²) in [6.45, 7) is 9.55. The van der Waals surface area contributed by atoms with E-state index in [9.17, 15) is 4.39 Å². The normalized spacial score (nSPS) is 15.9. The number of fused-ring (bicyclic) bond motifs is 1. The average Bonchev–Trinajstić information content (AvgIpc) is 3.17. The van der Waals surface area contributed by atoms with E-state index in [-0.39, 0.29) is 0 Å². The molecular weight excluding hydrogens is 349 g/mol. The van der Waals surface area contributed by atoms with Gasteiger partial charge < -0.3 is 10.2 Å². The highest BCUT2D eigenvalue weighted by molar-refractivity contribution is 5.75. The lowest BCUT2D eigenvalue weighted by atomic mass is 9.94. The standard InChI is InChI=1S/C24H24FN3/c1-15-16(2)27-17(3)28(4)24(15)22-9-8-18(12-20(22)14-25)13-23-21-7-5-6-19(21)10-11-26-23/h5,7-12,27H,2-3,6,13-14H2,1,4H3. The highest BCUT2D eigenvalue weighted by Gasteiger charge is 2.23. The summed E-state index contributed by atoms with van der Waals surface area (Å²) in [4.78, 5) is 6.52. The van der Waals surface area contributed by atoms with Crippen molar-refractivity contribution in [1.29, 1.82) is 0 Å². The van der Waals surface area contributed by atoms with Crippen LogP contribution in [0.2, 0.25) is 0 Å². The second-order valence-electron chi connectivity index (χ2n) is 7.32. The van der Waals surface area contributed by atoms with E-state index in [2.05, 4.69) is 47.7 Å². The molecule has 0 amide bonds. The number of aromatic nitrogens is 1. The summed E-state index contributed by atoms with van der Waals surface area (Å²) in [5.74, 6) is 0.732. The molecule has 28 heavy (non-hydrogen) atoms. The van der Waals surface area contributed by atoms with Gasteiger partial charge in [0.1, 0.15) is 12.5 Å². The van der Waals surface area contributed by atoms with Crippen molar-refractivity contribution in [2.24, 2.45) is 0 Å². The van der Waals surface area contributed by atoms with Gasteiger partial charge in [-0.1, -0.05) is 43.5 Å². The van der Waals surface area contributed by atoms with Crippen LogP contribution in [0.5, 0.6) is 0 Å². The van der Waals surface area contributed by atoms with Gasteiger partial charge in [-0.15, -0.1) is 0 Å². The molecule has 1 aromatic heterocycles. The summed E-state index contributed by atoms with van der Waals surface area (Å²) in [7, 11) is 1.93. The van der Waals surface area contributed by atoms with Crippen LogP contribution in [0.4, 0.5) is 4.39 Å². The SMILES string of the molecule is C=C1NC(=C)N(C)C(c2ccc(Cc3nccc4c3C=CC4)cc2CF)=C1C. The quantitative estimate of drug-likeness (QED) is 0.821. The third-order valence-electron chi connectivity index (χ3n) is 5.57. The van der Waals surface area contributed by atoms with Crippen molar-refractivity contribution in [1.82, 2.24) is 15.2 Å². The van der Waals surface area contributed by atoms with Crippen LogP contribution in [-0.2, 0) is 19.5 Å². The van der Waals surface area contributed by atoms with Crippen LogP contribution in [0.1, 0.15) is 40.4 Å². The van der Waals surface area contributed by atoms with Crippen LogP contribution >= 0.6 is 0 Å². The molecule has 4 rings (SSSR count). The van der Waals surface area contributed by atoms with Crippen molar-refractivity contribution in [3.8, 4) is 0 Å². The molecule has 1 aliphatic heterocycles. The Balaban J connectivity index is 1.73. The van der Waals surface area contributed by atoms with E-state index in [1.165, 1.54) is 11.1 Å². The first-order valence-corrected chi connectivity index (χ1v) is 9.41. The minimum Gasteiger partial charge on any atom is -0.342 e. The van der Waals surface area contributed by atoms with Crippen molar-refractivity contribution >= 4 is 11.8 Å². The Labute approximate surface area is 165 Å². The van der Waals surface area contributed by atoms with E-state index >= 15 is 0 Å². The van der Waals surface area contributed by atoms with Gasteiger partial charge in [-0.2, -0.15) is 0 Å². The van der Waals surface area contributed by atoms with Crippen LogP contribution in [0.15, 0.2) is 66.8 Å². The summed E-state index contributed by atoms with van der Waals surface area (Å²) >= 11 is 0. The molecular formula is C24H24FN3. The van der Waals surface area contributed by atoms with Gasteiger partial charge in [0.05, 0.1) is 11.4 Å². The Morgan fingerprint density at radius 2 is 2.07 bits per heavy atom. The lowest BCUT2D eigenvalue weighted by molar-refractivity contribution is 0.480. The molecule has 2 aliphatic rings. The zero-order valence-electron chi connectivity index (χ0n) is 16.3. The van der Waals surface area contributed by atoms with Crippen molar-refractivity contribution in [3.05, 3.63) is 100 Å².